The lowest BCUT2D eigenvalue weighted by molar-refractivity contribution is -0.132. The van der Waals surface area contributed by atoms with Gasteiger partial charge in [0, 0.05) is 0 Å². The maximum atomic E-state index is 12.1. The van der Waals surface area contributed by atoms with Crippen LogP contribution >= 0.6 is 0 Å². The Balaban J connectivity index is 2.61. The topological polar surface area (TPSA) is 163 Å². The Morgan fingerprint density at radius 3 is 2.32 bits per heavy atom. The molecule has 0 heterocycles. The number of aliphatic hydroxyl groups excluding tert-OH is 2. The van der Waals surface area contributed by atoms with Gasteiger partial charge in [-0.05, 0) is 12.5 Å². The second-order valence-corrected chi connectivity index (χ2v) is 5.18. The van der Waals surface area contributed by atoms with E-state index in [0.717, 1.165) is 5.56 Å². The largest absolute Gasteiger partial charge is 0.445 e. The Labute approximate surface area is 144 Å². The quantitative estimate of drug-likeness (QED) is 0.181. The van der Waals surface area contributed by atoms with Crippen LogP contribution in [0.3, 0.4) is 0 Å². The summed E-state index contributed by atoms with van der Waals surface area (Å²) in [7, 11) is 0. The summed E-state index contributed by atoms with van der Waals surface area (Å²) in [5.74, 6) is 3.23. The van der Waals surface area contributed by atoms with E-state index in [1.54, 1.807) is 29.7 Å². The molecule has 3 atom stereocenters. The van der Waals surface area contributed by atoms with Crippen molar-refractivity contribution >= 4 is 17.9 Å². The molecule has 138 valence electrons. The number of hydrogen-bond acceptors (Lipinski definition) is 7. The third-order valence-corrected chi connectivity index (χ3v) is 3.21. The Bertz CT molecular complexity index is 581. The molecule has 7 N–H and O–H groups in total. The SMILES string of the molecule is CC(O)C(NC(=O)OCc1ccccc1)C(=O)NC(CO)C(=O)NN. The number of carbonyl (C=O) groups excluding carboxylic acids is 3. The van der Waals surface area contributed by atoms with Crippen molar-refractivity contribution in [3.8, 4) is 0 Å². The number of alkyl carbamates (subject to hydrolysis) is 1. The van der Waals surface area contributed by atoms with Crippen molar-refractivity contribution < 1.29 is 29.3 Å². The third-order valence-electron chi connectivity index (χ3n) is 3.21. The van der Waals surface area contributed by atoms with Crippen LogP contribution in [0.2, 0.25) is 0 Å². The van der Waals surface area contributed by atoms with E-state index in [9.17, 15) is 19.5 Å². The molecule has 3 unspecified atom stereocenters. The van der Waals surface area contributed by atoms with E-state index in [1.165, 1.54) is 6.92 Å². The van der Waals surface area contributed by atoms with Gasteiger partial charge in [0.2, 0.25) is 5.91 Å². The zero-order valence-corrected chi connectivity index (χ0v) is 13.6. The molecule has 0 aromatic heterocycles. The smallest absolute Gasteiger partial charge is 0.408 e. The average molecular weight is 354 g/mol. The second-order valence-electron chi connectivity index (χ2n) is 5.18. The van der Waals surface area contributed by atoms with Crippen LogP contribution in [0.25, 0.3) is 0 Å². The Morgan fingerprint density at radius 2 is 1.80 bits per heavy atom. The van der Waals surface area contributed by atoms with Crippen LogP contribution in [0.4, 0.5) is 4.79 Å². The first-order valence-corrected chi connectivity index (χ1v) is 7.46. The summed E-state index contributed by atoms with van der Waals surface area (Å²) < 4.78 is 4.97. The van der Waals surface area contributed by atoms with Crippen molar-refractivity contribution in [2.75, 3.05) is 6.61 Å². The first-order valence-electron chi connectivity index (χ1n) is 7.46. The molecule has 1 aromatic carbocycles. The van der Waals surface area contributed by atoms with Crippen LogP contribution in [-0.2, 0) is 20.9 Å². The van der Waals surface area contributed by atoms with Gasteiger partial charge >= 0.3 is 6.09 Å². The van der Waals surface area contributed by atoms with E-state index in [1.807, 2.05) is 6.07 Å². The van der Waals surface area contributed by atoms with Crippen molar-refractivity contribution in [1.82, 2.24) is 16.1 Å². The van der Waals surface area contributed by atoms with Crippen LogP contribution in [0.15, 0.2) is 30.3 Å². The van der Waals surface area contributed by atoms with E-state index in [4.69, 9.17) is 15.7 Å². The molecule has 25 heavy (non-hydrogen) atoms. The lowest BCUT2D eigenvalue weighted by Gasteiger charge is -2.23. The highest BCUT2D eigenvalue weighted by atomic mass is 16.5. The van der Waals surface area contributed by atoms with Gasteiger partial charge in [0.25, 0.3) is 5.91 Å². The fraction of sp³-hybridized carbons (Fsp3) is 0.400. The number of carbonyl (C=O) groups is 3. The molecule has 0 fully saturated rings. The number of aliphatic hydroxyl groups is 2. The molecule has 10 heteroatoms. The normalized spacial score (nSPS) is 13.9. The van der Waals surface area contributed by atoms with Crippen LogP contribution in [0.1, 0.15) is 12.5 Å². The zero-order chi connectivity index (χ0) is 18.8. The Morgan fingerprint density at radius 1 is 1.16 bits per heavy atom. The number of nitrogens with one attached hydrogen (secondary N) is 3. The van der Waals surface area contributed by atoms with Gasteiger partial charge in [-0.25, -0.2) is 10.6 Å². The average Bonchev–Trinajstić information content (AvgIpc) is 2.62. The van der Waals surface area contributed by atoms with E-state index in [2.05, 4.69) is 10.6 Å². The molecule has 10 nitrogen and oxygen atoms in total. The van der Waals surface area contributed by atoms with E-state index in [0.29, 0.717) is 0 Å². The van der Waals surface area contributed by atoms with Crippen molar-refractivity contribution in [2.45, 2.75) is 31.7 Å². The number of hydrazine groups is 1. The first-order chi connectivity index (χ1) is 11.9. The number of ether oxygens (including phenoxy) is 1. The molecule has 0 spiro atoms. The molecule has 0 aliphatic carbocycles. The summed E-state index contributed by atoms with van der Waals surface area (Å²) in [5, 5.41) is 23.1. The van der Waals surface area contributed by atoms with Crippen molar-refractivity contribution in [3.63, 3.8) is 0 Å². The lowest BCUT2D eigenvalue weighted by atomic mass is 10.1. The van der Waals surface area contributed by atoms with E-state index >= 15 is 0 Å². The molecular formula is C15H22N4O6. The predicted molar refractivity (Wildman–Crippen MR) is 86.6 cm³/mol. The van der Waals surface area contributed by atoms with Gasteiger partial charge in [-0.2, -0.15) is 0 Å². The van der Waals surface area contributed by atoms with Crippen molar-refractivity contribution in [1.29, 1.82) is 0 Å². The van der Waals surface area contributed by atoms with Gasteiger partial charge in [-0.3, -0.25) is 15.0 Å². The predicted octanol–water partition coefficient (Wildman–Crippen LogP) is -1.87. The van der Waals surface area contributed by atoms with Crippen LogP contribution in [0, 0.1) is 0 Å². The minimum atomic E-state index is -1.39. The molecule has 0 saturated heterocycles. The fourth-order valence-electron chi connectivity index (χ4n) is 1.85. The summed E-state index contributed by atoms with van der Waals surface area (Å²) >= 11 is 0. The van der Waals surface area contributed by atoms with Gasteiger partial charge in [0.15, 0.2) is 0 Å². The number of hydrogen-bond donors (Lipinski definition) is 6. The minimum Gasteiger partial charge on any atom is -0.445 e. The number of benzene rings is 1. The minimum absolute atomic E-state index is 0.0182. The highest BCUT2D eigenvalue weighted by molar-refractivity contribution is 5.91. The zero-order valence-electron chi connectivity index (χ0n) is 13.6. The van der Waals surface area contributed by atoms with Crippen LogP contribution in [0.5, 0.6) is 0 Å². The molecule has 1 rings (SSSR count). The fourth-order valence-corrected chi connectivity index (χ4v) is 1.85. The summed E-state index contributed by atoms with van der Waals surface area (Å²) in [6.45, 7) is 0.550. The highest BCUT2D eigenvalue weighted by Crippen LogP contribution is 2.02. The molecule has 0 aliphatic rings. The van der Waals surface area contributed by atoms with Gasteiger partial charge in [0.05, 0.1) is 12.7 Å². The molecule has 3 amide bonds. The molecule has 0 radical (unpaired) electrons. The van der Waals surface area contributed by atoms with Crippen LogP contribution < -0.4 is 21.9 Å². The highest BCUT2D eigenvalue weighted by Gasteiger charge is 2.29. The van der Waals surface area contributed by atoms with Gasteiger partial charge < -0.3 is 25.6 Å². The monoisotopic (exact) mass is 354 g/mol. The molecule has 0 saturated carbocycles. The Hall–Kier alpha value is -2.69. The van der Waals surface area contributed by atoms with E-state index < -0.39 is 42.7 Å². The van der Waals surface area contributed by atoms with Gasteiger partial charge in [-0.1, -0.05) is 30.3 Å². The number of rotatable bonds is 8. The summed E-state index contributed by atoms with van der Waals surface area (Å²) in [5.41, 5.74) is 2.53. The lowest BCUT2D eigenvalue weighted by Crippen LogP contribution is -2.58. The summed E-state index contributed by atoms with van der Waals surface area (Å²) in [6.07, 6.45) is -2.20. The first kappa shape index (κ1) is 20.4. The van der Waals surface area contributed by atoms with Gasteiger partial charge in [0.1, 0.15) is 18.7 Å². The summed E-state index contributed by atoms with van der Waals surface area (Å²) in [6, 6.07) is 6.17. The molecular weight excluding hydrogens is 332 g/mol. The number of amides is 3. The molecule has 0 bridgehead atoms. The second kappa shape index (κ2) is 10.2. The third kappa shape index (κ3) is 6.75. The maximum absolute atomic E-state index is 12.1. The van der Waals surface area contributed by atoms with E-state index in [-0.39, 0.29) is 6.61 Å². The maximum Gasteiger partial charge on any atom is 0.408 e. The van der Waals surface area contributed by atoms with Crippen LogP contribution in [-0.4, -0.2) is 52.9 Å². The standard InChI is InChI=1S/C15H22N4O6/c1-9(21)12(14(23)17-11(7-20)13(22)19-16)18-15(24)25-8-10-5-3-2-4-6-10/h2-6,9,11-12,20-21H,7-8,16H2,1H3,(H,17,23)(H,18,24)(H,19,22). The Kier molecular flexibility index (Phi) is 8.33. The van der Waals surface area contributed by atoms with Crippen molar-refractivity contribution in [3.05, 3.63) is 35.9 Å². The van der Waals surface area contributed by atoms with Gasteiger partial charge in [-0.15, -0.1) is 0 Å². The van der Waals surface area contributed by atoms with Crippen molar-refractivity contribution in [2.24, 2.45) is 5.84 Å². The molecule has 0 aliphatic heterocycles. The molecule has 1 aromatic rings. The number of nitrogens with two attached hydrogens (primary N) is 1. The summed E-state index contributed by atoms with van der Waals surface area (Å²) in [4.78, 5) is 35.3.